The zero-order valence-corrected chi connectivity index (χ0v) is 13.1. The van der Waals surface area contributed by atoms with Crippen molar-refractivity contribution in [3.05, 3.63) is 47.0 Å². The van der Waals surface area contributed by atoms with Crippen molar-refractivity contribution in [3.63, 3.8) is 0 Å². The standard InChI is InChI=1S/C19H23ClO/c20-18-13-12-17(15-10-6-7-11-16(15)18)19(21)14-8-4-2-1-3-5-9-14/h6-7,10-14,19,21H,1-5,8-9H2. The van der Waals surface area contributed by atoms with Crippen LogP contribution in [0.1, 0.15) is 56.6 Å². The molecule has 1 N–H and O–H groups in total. The molecule has 1 aliphatic carbocycles. The first-order chi connectivity index (χ1) is 10.3. The molecule has 1 atom stereocenters. The Kier molecular flexibility index (Phi) is 4.82. The third-order valence-corrected chi connectivity index (χ3v) is 5.15. The molecule has 1 aliphatic rings. The Hall–Kier alpha value is -1.05. The first-order valence-electron chi connectivity index (χ1n) is 8.12. The van der Waals surface area contributed by atoms with Crippen molar-refractivity contribution in [1.82, 2.24) is 0 Å². The fourth-order valence-electron chi connectivity index (χ4n) is 3.60. The normalized spacial score (nSPS) is 19.1. The summed E-state index contributed by atoms with van der Waals surface area (Å²) in [7, 11) is 0. The van der Waals surface area contributed by atoms with E-state index in [2.05, 4.69) is 6.07 Å². The minimum Gasteiger partial charge on any atom is -0.388 e. The van der Waals surface area contributed by atoms with Gasteiger partial charge < -0.3 is 5.11 Å². The first-order valence-corrected chi connectivity index (χ1v) is 8.50. The fraction of sp³-hybridized carbons (Fsp3) is 0.474. The third-order valence-electron chi connectivity index (χ3n) is 4.82. The lowest BCUT2D eigenvalue weighted by molar-refractivity contribution is 0.0925. The van der Waals surface area contributed by atoms with Gasteiger partial charge in [-0.1, -0.05) is 74.0 Å². The minimum atomic E-state index is -0.370. The van der Waals surface area contributed by atoms with Crippen LogP contribution in [-0.2, 0) is 0 Å². The van der Waals surface area contributed by atoms with Gasteiger partial charge in [0, 0.05) is 10.4 Å². The number of benzene rings is 2. The highest BCUT2D eigenvalue weighted by molar-refractivity contribution is 6.35. The first kappa shape index (κ1) is 14.9. The maximum absolute atomic E-state index is 10.9. The van der Waals surface area contributed by atoms with E-state index in [1.165, 1.54) is 32.1 Å². The average Bonchev–Trinajstić information content (AvgIpc) is 2.47. The van der Waals surface area contributed by atoms with E-state index in [0.29, 0.717) is 5.92 Å². The third kappa shape index (κ3) is 3.25. The molecular weight excluding hydrogens is 280 g/mol. The van der Waals surface area contributed by atoms with Crippen molar-refractivity contribution in [3.8, 4) is 0 Å². The molecule has 0 amide bonds. The topological polar surface area (TPSA) is 20.2 Å². The monoisotopic (exact) mass is 302 g/mol. The van der Waals surface area contributed by atoms with Gasteiger partial charge in [-0.05, 0) is 35.8 Å². The molecule has 0 aromatic heterocycles. The van der Waals surface area contributed by atoms with Gasteiger partial charge in [0.15, 0.2) is 0 Å². The summed E-state index contributed by atoms with van der Waals surface area (Å²) in [4.78, 5) is 0. The van der Waals surface area contributed by atoms with Crippen molar-refractivity contribution < 1.29 is 5.11 Å². The number of aliphatic hydroxyl groups is 1. The van der Waals surface area contributed by atoms with Gasteiger partial charge in [-0.25, -0.2) is 0 Å². The predicted molar refractivity (Wildman–Crippen MR) is 89.7 cm³/mol. The second-order valence-electron chi connectivity index (χ2n) is 6.23. The van der Waals surface area contributed by atoms with E-state index in [9.17, 15) is 5.11 Å². The summed E-state index contributed by atoms with van der Waals surface area (Å²) in [5, 5.41) is 13.8. The van der Waals surface area contributed by atoms with Crippen LogP contribution in [0.4, 0.5) is 0 Å². The highest BCUT2D eigenvalue weighted by Gasteiger charge is 2.23. The molecule has 1 fully saturated rings. The lowest BCUT2D eigenvalue weighted by Crippen LogP contribution is -2.14. The van der Waals surface area contributed by atoms with Crippen LogP contribution in [-0.4, -0.2) is 5.11 Å². The quantitative estimate of drug-likeness (QED) is 0.733. The highest BCUT2D eigenvalue weighted by atomic mass is 35.5. The van der Waals surface area contributed by atoms with E-state index in [4.69, 9.17) is 11.6 Å². The van der Waals surface area contributed by atoms with E-state index in [-0.39, 0.29) is 6.10 Å². The number of halogens is 1. The second kappa shape index (κ2) is 6.81. The molecule has 0 aliphatic heterocycles. The molecular formula is C19H23ClO. The largest absolute Gasteiger partial charge is 0.388 e. The molecule has 0 heterocycles. The molecule has 1 saturated carbocycles. The molecule has 0 saturated heterocycles. The Morgan fingerprint density at radius 3 is 2.19 bits per heavy atom. The van der Waals surface area contributed by atoms with Crippen LogP contribution < -0.4 is 0 Å². The zero-order chi connectivity index (χ0) is 14.7. The zero-order valence-electron chi connectivity index (χ0n) is 12.4. The van der Waals surface area contributed by atoms with Crippen molar-refractivity contribution in [1.29, 1.82) is 0 Å². The summed E-state index contributed by atoms with van der Waals surface area (Å²) >= 11 is 6.29. The predicted octanol–water partition coefficient (Wildman–Crippen LogP) is 5.89. The number of fused-ring (bicyclic) bond motifs is 1. The lowest BCUT2D eigenvalue weighted by atomic mass is 9.83. The Balaban J connectivity index is 1.93. The van der Waals surface area contributed by atoms with Gasteiger partial charge in [0.2, 0.25) is 0 Å². The van der Waals surface area contributed by atoms with E-state index < -0.39 is 0 Å². The van der Waals surface area contributed by atoms with Gasteiger partial charge in [-0.15, -0.1) is 0 Å². The average molecular weight is 303 g/mol. The second-order valence-corrected chi connectivity index (χ2v) is 6.64. The van der Waals surface area contributed by atoms with Crippen molar-refractivity contribution in [2.75, 3.05) is 0 Å². The van der Waals surface area contributed by atoms with Gasteiger partial charge >= 0.3 is 0 Å². The van der Waals surface area contributed by atoms with Crippen molar-refractivity contribution >= 4 is 22.4 Å². The lowest BCUT2D eigenvalue weighted by Gasteiger charge is -2.26. The van der Waals surface area contributed by atoms with E-state index in [1.54, 1.807) is 0 Å². The number of hydrogen-bond acceptors (Lipinski definition) is 1. The van der Waals surface area contributed by atoms with E-state index in [1.807, 2.05) is 30.3 Å². The molecule has 1 nitrogen and oxygen atoms in total. The molecule has 3 rings (SSSR count). The summed E-state index contributed by atoms with van der Waals surface area (Å²) in [6.45, 7) is 0. The highest BCUT2D eigenvalue weighted by Crippen LogP contribution is 2.37. The number of rotatable bonds is 2. The smallest absolute Gasteiger partial charge is 0.0824 e. The summed E-state index contributed by atoms with van der Waals surface area (Å²) in [6.07, 6.45) is 8.36. The van der Waals surface area contributed by atoms with Crippen LogP contribution in [0.15, 0.2) is 36.4 Å². The summed E-state index contributed by atoms with van der Waals surface area (Å²) in [5.74, 6) is 0.384. The SMILES string of the molecule is OC(c1ccc(Cl)c2ccccc12)C1CCCCCCC1. The minimum absolute atomic E-state index is 0.370. The van der Waals surface area contributed by atoms with Crippen LogP contribution in [0.3, 0.4) is 0 Å². The van der Waals surface area contributed by atoms with E-state index >= 15 is 0 Å². The molecule has 0 spiro atoms. The Labute approximate surface area is 131 Å². The van der Waals surface area contributed by atoms with Crippen LogP contribution in [0, 0.1) is 5.92 Å². The van der Waals surface area contributed by atoms with Crippen LogP contribution >= 0.6 is 11.6 Å². The van der Waals surface area contributed by atoms with Crippen molar-refractivity contribution in [2.24, 2.45) is 5.92 Å². The van der Waals surface area contributed by atoms with Gasteiger partial charge in [0.05, 0.1) is 6.10 Å². The van der Waals surface area contributed by atoms with Gasteiger partial charge in [-0.2, -0.15) is 0 Å². The molecule has 2 aromatic rings. The van der Waals surface area contributed by atoms with Crippen LogP contribution in [0.2, 0.25) is 5.02 Å². The Morgan fingerprint density at radius 1 is 0.857 bits per heavy atom. The summed E-state index contributed by atoms with van der Waals surface area (Å²) < 4.78 is 0. The van der Waals surface area contributed by atoms with Gasteiger partial charge in [0.25, 0.3) is 0 Å². The van der Waals surface area contributed by atoms with Crippen LogP contribution in [0.5, 0.6) is 0 Å². The molecule has 2 aromatic carbocycles. The molecule has 112 valence electrons. The Bertz CT molecular complexity index is 600. The maximum Gasteiger partial charge on any atom is 0.0824 e. The fourth-order valence-corrected chi connectivity index (χ4v) is 3.83. The molecule has 0 bridgehead atoms. The molecule has 21 heavy (non-hydrogen) atoms. The van der Waals surface area contributed by atoms with E-state index in [0.717, 1.165) is 34.2 Å². The summed E-state index contributed by atoms with van der Waals surface area (Å²) in [6, 6.07) is 12.1. The maximum atomic E-state index is 10.9. The number of aliphatic hydroxyl groups excluding tert-OH is 1. The van der Waals surface area contributed by atoms with Crippen molar-refractivity contribution in [2.45, 2.75) is 51.0 Å². The molecule has 2 heteroatoms. The van der Waals surface area contributed by atoms with Gasteiger partial charge in [0.1, 0.15) is 0 Å². The summed E-state index contributed by atoms with van der Waals surface area (Å²) in [5.41, 5.74) is 1.04. The van der Waals surface area contributed by atoms with Gasteiger partial charge in [-0.3, -0.25) is 0 Å². The Morgan fingerprint density at radius 2 is 1.48 bits per heavy atom. The number of hydrogen-bond donors (Lipinski definition) is 1. The molecule has 0 radical (unpaired) electrons. The van der Waals surface area contributed by atoms with Crippen LogP contribution in [0.25, 0.3) is 10.8 Å². The molecule has 1 unspecified atom stereocenters.